The Morgan fingerprint density at radius 2 is 1.54 bits per heavy atom. The average Bonchev–Trinajstić information content (AvgIpc) is 3.26. The number of para-hydroxylation sites is 3. The molecule has 1 unspecified atom stereocenters. The summed E-state index contributed by atoms with van der Waals surface area (Å²) in [6, 6.07) is 33.5. The summed E-state index contributed by atoms with van der Waals surface area (Å²) in [5.74, 6) is -0.0957. The lowest BCUT2D eigenvalue weighted by molar-refractivity contribution is -0.113. The number of carbonyl (C=O) groups excluding carboxylic acids is 1. The molecule has 0 aliphatic carbocycles. The summed E-state index contributed by atoms with van der Waals surface area (Å²) in [6.07, 6.45) is 0. The topological polar surface area (TPSA) is 60.9 Å². The SMILES string of the molecule is C=C(C(=O)C(Sc1nc2ccccc2n1-c1ccc(C)cc1)c1ccccc1)c1ccccc1N. The van der Waals surface area contributed by atoms with Crippen LogP contribution in [0.2, 0.25) is 0 Å². The summed E-state index contributed by atoms with van der Waals surface area (Å²) in [5.41, 5.74) is 12.7. The van der Waals surface area contributed by atoms with E-state index in [9.17, 15) is 4.79 Å². The number of rotatable bonds is 7. The Hall–Kier alpha value is -4.09. The van der Waals surface area contributed by atoms with Crippen LogP contribution in [-0.2, 0) is 4.79 Å². The summed E-state index contributed by atoms with van der Waals surface area (Å²) in [5, 5.41) is 0.204. The summed E-state index contributed by atoms with van der Waals surface area (Å²) in [4.78, 5) is 18.8. The minimum atomic E-state index is -0.538. The van der Waals surface area contributed by atoms with Gasteiger partial charge in [-0.05, 0) is 42.8 Å². The van der Waals surface area contributed by atoms with Crippen molar-refractivity contribution in [3.05, 3.63) is 126 Å². The van der Waals surface area contributed by atoms with E-state index >= 15 is 0 Å². The van der Waals surface area contributed by atoms with Crippen LogP contribution in [0.15, 0.2) is 115 Å². The summed E-state index contributed by atoms with van der Waals surface area (Å²) < 4.78 is 2.11. The fourth-order valence-corrected chi connectivity index (χ4v) is 5.31. The lowest BCUT2D eigenvalue weighted by atomic mass is 9.97. The molecule has 0 aliphatic heterocycles. The zero-order valence-electron chi connectivity index (χ0n) is 19.4. The number of aryl methyl sites for hydroxylation is 1. The van der Waals surface area contributed by atoms with Crippen molar-refractivity contribution in [1.29, 1.82) is 0 Å². The van der Waals surface area contributed by atoms with Gasteiger partial charge in [-0.3, -0.25) is 9.36 Å². The van der Waals surface area contributed by atoms with Crippen molar-refractivity contribution in [2.45, 2.75) is 17.3 Å². The van der Waals surface area contributed by atoms with E-state index in [0.717, 1.165) is 27.4 Å². The quantitative estimate of drug-likeness (QED) is 0.156. The first-order valence-corrected chi connectivity index (χ1v) is 12.2. The third kappa shape index (κ3) is 4.51. The van der Waals surface area contributed by atoms with Gasteiger partial charge in [-0.2, -0.15) is 0 Å². The van der Waals surface area contributed by atoms with E-state index in [-0.39, 0.29) is 5.78 Å². The van der Waals surface area contributed by atoms with Crippen molar-refractivity contribution in [2.24, 2.45) is 0 Å². The highest BCUT2D eigenvalue weighted by atomic mass is 32.2. The van der Waals surface area contributed by atoms with Crippen molar-refractivity contribution in [3.63, 3.8) is 0 Å². The first kappa shape index (κ1) is 22.7. The van der Waals surface area contributed by atoms with Gasteiger partial charge in [0.25, 0.3) is 0 Å². The van der Waals surface area contributed by atoms with Crippen LogP contribution in [0.5, 0.6) is 0 Å². The van der Waals surface area contributed by atoms with Crippen LogP contribution >= 0.6 is 11.8 Å². The lowest BCUT2D eigenvalue weighted by Crippen LogP contribution is -2.13. The van der Waals surface area contributed by atoms with Gasteiger partial charge in [0.2, 0.25) is 0 Å². The van der Waals surface area contributed by atoms with Gasteiger partial charge in [0, 0.05) is 22.5 Å². The molecule has 4 nitrogen and oxygen atoms in total. The van der Waals surface area contributed by atoms with Crippen molar-refractivity contribution in [1.82, 2.24) is 9.55 Å². The number of Topliss-reactive ketones (excluding diaryl/α,β-unsaturated/α-hetero) is 1. The molecule has 0 bridgehead atoms. The van der Waals surface area contributed by atoms with E-state index in [1.165, 1.54) is 17.3 Å². The second kappa shape index (κ2) is 9.65. The molecular weight excluding hydrogens is 450 g/mol. The lowest BCUT2D eigenvalue weighted by Gasteiger charge is -2.19. The Morgan fingerprint density at radius 3 is 2.29 bits per heavy atom. The van der Waals surface area contributed by atoms with Crippen LogP contribution in [-0.4, -0.2) is 15.3 Å². The maximum absolute atomic E-state index is 13.9. The summed E-state index contributed by atoms with van der Waals surface area (Å²) >= 11 is 1.43. The molecule has 4 aromatic carbocycles. The second-order valence-electron chi connectivity index (χ2n) is 8.39. The largest absolute Gasteiger partial charge is 0.398 e. The molecule has 35 heavy (non-hydrogen) atoms. The molecule has 5 aromatic rings. The molecule has 2 N–H and O–H groups in total. The maximum Gasteiger partial charge on any atom is 0.180 e. The van der Waals surface area contributed by atoms with E-state index in [1.807, 2.05) is 66.7 Å². The Balaban J connectivity index is 1.62. The number of benzene rings is 4. The minimum Gasteiger partial charge on any atom is -0.398 e. The zero-order valence-corrected chi connectivity index (χ0v) is 20.2. The van der Waals surface area contributed by atoms with Gasteiger partial charge in [-0.15, -0.1) is 0 Å². The van der Waals surface area contributed by atoms with Gasteiger partial charge >= 0.3 is 0 Å². The molecule has 5 heteroatoms. The number of hydrogen-bond donors (Lipinski definition) is 1. The number of thioether (sulfide) groups is 1. The van der Waals surface area contributed by atoms with Crippen LogP contribution in [0.3, 0.4) is 0 Å². The van der Waals surface area contributed by atoms with Crippen LogP contribution in [0, 0.1) is 6.92 Å². The molecule has 0 saturated heterocycles. The summed E-state index contributed by atoms with van der Waals surface area (Å²) in [7, 11) is 0. The number of allylic oxidation sites excluding steroid dienone is 1. The molecule has 172 valence electrons. The third-order valence-electron chi connectivity index (χ3n) is 5.97. The smallest absolute Gasteiger partial charge is 0.180 e. The number of ketones is 1. The van der Waals surface area contributed by atoms with Gasteiger partial charge in [-0.25, -0.2) is 4.98 Å². The Morgan fingerprint density at radius 1 is 0.886 bits per heavy atom. The predicted molar refractivity (Wildman–Crippen MR) is 146 cm³/mol. The Bertz CT molecular complexity index is 1520. The van der Waals surface area contributed by atoms with Crippen molar-refractivity contribution >= 4 is 39.8 Å². The van der Waals surface area contributed by atoms with Crippen molar-refractivity contribution < 1.29 is 4.79 Å². The predicted octanol–water partition coefficient (Wildman–Crippen LogP) is 7.03. The van der Waals surface area contributed by atoms with Gasteiger partial charge in [-0.1, -0.05) is 96.7 Å². The van der Waals surface area contributed by atoms with E-state index in [1.54, 1.807) is 6.07 Å². The van der Waals surface area contributed by atoms with Crippen LogP contribution in [0.4, 0.5) is 5.69 Å². The van der Waals surface area contributed by atoms with E-state index in [0.29, 0.717) is 16.8 Å². The van der Waals surface area contributed by atoms with Crippen molar-refractivity contribution in [2.75, 3.05) is 5.73 Å². The number of hydrogen-bond acceptors (Lipinski definition) is 4. The fourth-order valence-electron chi connectivity index (χ4n) is 4.10. The first-order valence-electron chi connectivity index (χ1n) is 11.4. The number of carbonyl (C=O) groups is 1. The zero-order chi connectivity index (χ0) is 24.4. The molecule has 0 radical (unpaired) electrons. The molecule has 1 heterocycles. The van der Waals surface area contributed by atoms with Gasteiger partial charge in [0.15, 0.2) is 10.9 Å². The highest BCUT2D eigenvalue weighted by Gasteiger charge is 2.28. The number of nitrogens with two attached hydrogens (primary N) is 1. The van der Waals surface area contributed by atoms with E-state index in [4.69, 9.17) is 10.7 Å². The number of aromatic nitrogens is 2. The molecule has 5 rings (SSSR count). The van der Waals surface area contributed by atoms with E-state index in [2.05, 4.69) is 48.4 Å². The molecular formula is C30H25N3OS. The first-order chi connectivity index (χ1) is 17.0. The number of fused-ring (bicyclic) bond motifs is 1. The minimum absolute atomic E-state index is 0.0957. The molecule has 1 aromatic heterocycles. The Labute approximate surface area is 209 Å². The van der Waals surface area contributed by atoms with Gasteiger partial charge < -0.3 is 5.73 Å². The van der Waals surface area contributed by atoms with Crippen LogP contribution in [0.25, 0.3) is 22.3 Å². The molecule has 0 saturated carbocycles. The number of nitrogen functional groups attached to an aromatic ring is 1. The van der Waals surface area contributed by atoms with Crippen molar-refractivity contribution in [3.8, 4) is 5.69 Å². The average molecular weight is 476 g/mol. The number of anilines is 1. The Kier molecular flexibility index (Phi) is 6.25. The summed E-state index contributed by atoms with van der Waals surface area (Å²) in [6.45, 7) is 6.20. The maximum atomic E-state index is 13.9. The molecule has 0 spiro atoms. The van der Waals surface area contributed by atoms with E-state index < -0.39 is 5.25 Å². The number of imidazole rings is 1. The molecule has 0 amide bonds. The molecule has 0 aliphatic rings. The number of nitrogens with zero attached hydrogens (tertiary/aromatic N) is 2. The highest BCUT2D eigenvalue weighted by molar-refractivity contribution is 8.00. The fraction of sp³-hybridized carbons (Fsp3) is 0.0667. The highest BCUT2D eigenvalue weighted by Crippen LogP contribution is 2.41. The van der Waals surface area contributed by atoms with Gasteiger partial charge in [0.05, 0.1) is 11.0 Å². The van der Waals surface area contributed by atoms with Crippen LogP contribution < -0.4 is 5.73 Å². The second-order valence-corrected chi connectivity index (χ2v) is 9.46. The standard InChI is InChI=1S/C30H25N3OS/c1-20-16-18-23(19-17-20)33-27-15-9-8-14-26(27)32-30(33)35-29(22-10-4-3-5-11-22)28(34)21(2)24-12-6-7-13-25(24)31/h3-19,29H,2,31H2,1H3. The molecule has 0 fully saturated rings. The third-order valence-corrected chi connectivity index (χ3v) is 7.18. The normalized spacial score (nSPS) is 11.9. The molecule has 1 atom stereocenters. The monoisotopic (exact) mass is 475 g/mol. The van der Waals surface area contributed by atoms with Crippen LogP contribution in [0.1, 0.15) is 21.9 Å². The van der Waals surface area contributed by atoms with Gasteiger partial charge in [0.1, 0.15) is 5.25 Å².